The lowest BCUT2D eigenvalue weighted by molar-refractivity contribution is -0.112. The van der Waals surface area contributed by atoms with E-state index in [0.717, 1.165) is 18.4 Å². The van der Waals surface area contributed by atoms with Crippen molar-refractivity contribution in [2.24, 2.45) is 11.3 Å². The summed E-state index contributed by atoms with van der Waals surface area (Å²) in [5.74, 6) is 0.349. The van der Waals surface area contributed by atoms with Crippen molar-refractivity contribution in [2.75, 3.05) is 6.61 Å². The molecule has 0 bridgehead atoms. The summed E-state index contributed by atoms with van der Waals surface area (Å²) >= 11 is 0. The molecule has 2 atom stereocenters. The zero-order valence-electron chi connectivity index (χ0n) is 12.1. The Hall–Kier alpha value is -1.12. The molecule has 0 aliphatic heterocycles. The molecule has 0 radical (unpaired) electrons. The minimum atomic E-state index is -0.298. The maximum atomic E-state index is 10.3. The Balaban J connectivity index is 1.57. The van der Waals surface area contributed by atoms with E-state index in [0.29, 0.717) is 19.1 Å². The van der Waals surface area contributed by atoms with E-state index in [1.54, 1.807) is 0 Å². The predicted molar refractivity (Wildman–Crippen MR) is 80.3 cm³/mol. The largest absolute Gasteiger partial charge is 0.388 e. The summed E-state index contributed by atoms with van der Waals surface area (Å²) in [6, 6.07) is 10.3. The van der Waals surface area contributed by atoms with E-state index in [1.165, 1.54) is 24.8 Å². The first kappa shape index (κ1) is 13.8. The number of ether oxygens (including phenoxy) is 1. The van der Waals surface area contributed by atoms with Crippen molar-refractivity contribution in [1.29, 1.82) is 0 Å². The highest BCUT2D eigenvalue weighted by Crippen LogP contribution is 2.58. The minimum absolute atomic E-state index is 0.0754. The molecule has 1 aromatic carbocycles. The SMILES string of the molecule is C=C1[C@@H](O)C2(CCCCC2)[C@@H]1COCc1ccccc1. The van der Waals surface area contributed by atoms with Gasteiger partial charge in [0.1, 0.15) is 0 Å². The van der Waals surface area contributed by atoms with Gasteiger partial charge in [-0.3, -0.25) is 0 Å². The number of rotatable bonds is 4. The van der Waals surface area contributed by atoms with Crippen molar-refractivity contribution in [3.63, 3.8) is 0 Å². The second-order valence-electron chi connectivity index (χ2n) is 6.32. The Bertz CT molecular complexity index is 460. The van der Waals surface area contributed by atoms with Crippen molar-refractivity contribution < 1.29 is 9.84 Å². The Morgan fingerprint density at radius 2 is 1.85 bits per heavy atom. The van der Waals surface area contributed by atoms with Crippen LogP contribution in [0.3, 0.4) is 0 Å². The quantitative estimate of drug-likeness (QED) is 0.847. The lowest BCUT2D eigenvalue weighted by atomic mass is 9.50. The zero-order chi connectivity index (χ0) is 14.0. The maximum absolute atomic E-state index is 10.3. The molecule has 1 N–H and O–H groups in total. The molecule has 0 heterocycles. The van der Waals surface area contributed by atoms with Crippen molar-refractivity contribution in [1.82, 2.24) is 0 Å². The molecular weight excluding hydrogens is 248 g/mol. The lowest BCUT2D eigenvalue weighted by Gasteiger charge is -2.57. The summed E-state index contributed by atoms with van der Waals surface area (Å²) in [4.78, 5) is 0. The van der Waals surface area contributed by atoms with Gasteiger partial charge in [-0.25, -0.2) is 0 Å². The highest BCUT2D eigenvalue weighted by Gasteiger charge is 2.56. The van der Waals surface area contributed by atoms with Crippen LogP contribution in [0.1, 0.15) is 37.7 Å². The van der Waals surface area contributed by atoms with Crippen molar-refractivity contribution in [2.45, 2.75) is 44.8 Å². The van der Waals surface area contributed by atoms with Gasteiger partial charge >= 0.3 is 0 Å². The van der Waals surface area contributed by atoms with Crippen LogP contribution in [0.25, 0.3) is 0 Å². The normalized spacial score (nSPS) is 28.4. The molecule has 0 unspecified atom stereocenters. The molecular formula is C18H24O2. The molecule has 2 aliphatic carbocycles. The fraction of sp³-hybridized carbons (Fsp3) is 0.556. The van der Waals surface area contributed by atoms with Gasteiger partial charge in [-0.1, -0.05) is 56.2 Å². The van der Waals surface area contributed by atoms with Crippen LogP contribution in [-0.2, 0) is 11.3 Å². The van der Waals surface area contributed by atoms with Gasteiger partial charge < -0.3 is 9.84 Å². The molecule has 1 aromatic rings. The first-order chi connectivity index (χ1) is 9.74. The summed E-state index contributed by atoms with van der Waals surface area (Å²) < 4.78 is 5.90. The number of aliphatic hydroxyl groups excluding tert-OH is 1. The van der Waals surface area contributed by atoms with Gasteiger partial charge in [0.05, 0.1) is 19.3 Å². The smallest absolute Gasteiger partial charge is 0.0814 e. The summed E-state index contributed by atoms with van der Waals surface area (Å²) in [7, 11) is 0. The van der Waals surface area contributed by atoms with Gasteiger partial charge in [-0.05, 0) is 24.0 Å². The topological polar surface area (TPSA) is 29.5 Å². The number of hydrogen-bond acceptors (Lipinski definition) is 2. The fourth-order valence-electron chi connectivity index (χ4n) is 4.00. The van der Waals surface area contributed by atoms with Crippen LogP contribution in [-0.4, -0.2) is 17.8 Å². The van der Waals surface area contributed by atoms with E-state index in [-0.39, 0.29) is 11.5 Å². The van der Waals surface area contributed by atoms with E-state index in [4.69, 9.17) is 4.74 Å². The van der Waals surface area contributed by atoms with Gasteiger partial charge in [0, 0.05) is 11.3 Å². The zero-order valence-corrected chi connectivity index (χ0v) is 12.1. The average molecular weight is 272 g/mol. The summed E-state index contributed by atoms with van der Waals surface area (Å²) in [5, 5.41) is 10.3. The predicted octanol–water partition coefficient (Wildman–Crippen LogP) is 3.70. The first-order valence-corrected chi connectivity index (χ1v) is 7.72. The van der Waals surface area contributed by atoms with Crippen LogP contribution < -0.4 is 0 Å². The average Bonchev–Trinajstić information content (AvgIpc) is 2.52. The van der Waals surface area contributed by atoms with Gasteiger partial charge in [0.25, 0.3) is 0 Å². The van der Waals surface area contributed by atoms with Crippen molar-refractivity contribution in [3.8, 4) is 0 Å². The van der Waals surface area contributed by atoms with Crippen LogP contribution in [0.5, 0.6) is 0 Å². The van der Waals surface area contributed by atoms with E-state index in [2.05, 4.69) is 18.7 Å². The summed E-state index contributed by atoms with van der Waals surface area (Å²) in [6.07, 6.45) is 5.74. The van der Waals surface area contributed by atoms with Gasteiger partial charge in [-0.2, -0.15) is 0 Å². The van der Waals surface area contributed by atoms with E-state index in [1.807, 2.05) is 18.2 Å². The van der Waals surface area contributed by atoms with Crippen molar-refractivity contribution >= 4 is 0 Å². The van der Waals surface area contributed by atoms with E-state index in [9.17, 15) is 5.11 Å². The molecule has 0 amide bonds. The molecule has 0 aromatic heterocycles. The van der Waals surface area contributed by atoms with Crippen molar-refractivity contribution in [3.05, 3.63) is 48.0 Å². The molecule has 2 saturated carbocycles. The molecule has 2 fully saturated rings. The minimum Gasteiger partial charge on any atom is -0.388 e. The van der Waals surface area contributed by atoms with Crippen LogP contribution in [0.2, 0.25) is 0 Å². The molecule has 3 rings (SSSR count). The van der Waals surface area contributed by atoms with Gasteiger partial charge in [-0.15, -0.1) is 0 Å². The third-order valence-corrected chi connectivity index (χ3v) is 5.22. The van der Waals surface area contributed by atoms with Gasteiger partial charge in [0.2, 0.25) is 0 Å². The highest BCUT2D eigenvalue weighted by atomic mass is 16.5. The van der Waals surface area contributed by atoms with Crippen LogP contribution >= 0.6 is 0 Å². The monoisotopic (exact) mass is 272 g/mol. The number of benzene rings is 1. The molecule has 20 heavy (non-hydrogen) atoms. The van der Waals surface area contributed by atoms with Gasteiger partial charge in [0.15, 0.2) is 0 Å². The molecule has 0 saturated heterocycles. The molecule has 2 heteroatoms. The third kappa shape index (κ3) is 2.32. The fourth-order valence-corrected chi connectivity index (χ4v) is 4.00. The highest BCUT2D eigenvalue weighted by molar-refractivity contribution is 5.29. The summed E-state index contributed by atoms with van der Waals surface area (Å²) in [5.41, 5.74) is 2.27. The second kappa shape index (κ2) is 5.71. The second-order valence-corrected chi connectivity index (χ2v) is 6.32. The molecule has 2 aliphatic rings. The summed E-state index contributed by atoms with van der Waals surface area (Å²) in [6.45, 7) is 5.42. The standard InChI is InChI=1S/C18H24O2/c1-14-16(13-20-12-15-8-4-2-5-9-15)18(17(14)19)10-6-3-7-11-18/h2,4-5,8-9,16-17,19H,1,3,6-7,10-13H2/t16-,17-/m1/s1. The van der Waals surface area contributed by atoms with E-state index >= 15 is 0 Å². The van der Waals surface area contributed by atoms with Crippen LogP contribution in [0.15, 0.2) is 42.5 Å². The maximum Gasteiger partial charge on any atom is 0.0814 e. The molecule has 1 spiro atoms. The van der Waals surface area contributed by atoms with E-state index < -0.39 is 0 Å². The Morgan fingerprint density at radius 1 is 1.15 bits per heavy atom. The Kier molecular flexibility index (Phi) is 3.95. The molecule has 2 nitrogen and oxygen atoms in total. The van der Waals surface area contributed by atoms with Crippen LogP contribution in [0.4, 0.5) is 0 Å². The lowest BCUT2D eigenvalue weighted by Crippen LogP contribution is -2.57. The third-order valence-electron chi connectivity index (χ3n) is 5.22. The Morgan fingerprint density at radius 3 is 2.55 bits per heavy atom. The Labute approximate surface area is 121 Å². The molecule has 108 valence electrons. The first-order valence-electron chi connectivity index (χ1n) is 7.72. The van der Waals surface area contributed by atoms with Crippen LogP contribution in [0, 0.1) is 11.3 Å². The number of hydrogen-bond donors (Lipinski definition) is 1. The number of aliphatic hydroxyl groups is 1.